The van der Waals surface area contributed by atoms with Gasteiger partial charge in [0.25, 0.3) is 0 Å². The lowest BCUT2D eigenvalue weighted by atomic mass is 10.0. The van der Waals surface area contributed by atoms with Crippen LogP contribution in [0.3, 0.4) is 0 Å². The number of rotatable bonds is 6. The lowest BCUT2D eigenvalue weighted by Crippen LogP contribution is -2.19. The summed E-state index contributed by atoms with van der Waals surface area (Å²) in [4.78, 5) is 0. The third-order valence-corrected chi connectivity index (χ3v) is 3.23. The van der Waals surface area contributed by atoms with E-state index >= 15 is 0 Å². The second-order valence-corrected chi connectivity index (χ2v) is 4.76. The van der Waals surface area contributed by atoms with E-state index in [4.69, 9.17) is 4.74 Å². The molecule has 1 atom stereocenters. The van der Waals surface area contributed by atoms with Crippen LogP contribution in [0.4, 0.5) is 0 Å². The normalized spacial score (nSPS) is 16.9. The van der Waals surface area contributed by atoms with Crippen molar-refractivity contribution in [1.29, 1.82) is 0 Å². The molecule has 2 N–H and O–H groups in total. The summed E-state index contributed by atoms with van der Waals surface area (Å²) in [7, 11) is 1.66. The SMILES string of the molecule is COc1ccc(C(O)CCNC2CC2)cc1C. The molecule has 3 nitrogen and oxygen atoms in total. The highest BCUT2D eigenvalue weighted by molar-refractivity contribution is 5.36. The Morgan fingerprint density at radius 2 is 2.24 bits per heavy atom. The van der Waals surface area contributed by atoms with Gasteiger partial charge in [-0.3, -0.25) is 0 Å². The maximum Gasteiger partial charge on any atom is 0.121 e. The van der Waals surface area contributed by atoms with Gasteiger partial charge < -0.3 is 15.2 Å². The molecule has 94 valence electrons. The van der Waals surface area contributed by atoms with E-state index in [1.165, 1.54) is 12.8 Å². The minimum atomic E-state index is -0.383. The zero-order valence-corrected chi connectivity index (χ0v) is 10.6. The van der Waals surface area contributed by atoms with Crippen LogP contribution in [-0.2, 0) is 0 Å². The van der Waals surface area contributed by atoms with Crippen LogP contribution in [-0.4, -0.2) is 24.8 Å². The van der Waals surface area contributed by atoms with E-state index in [0.717, 1.165) is 29.8 Å². The highest BCUT2D eigenvalue weighted by Crippen LogP contribution is 2.24. The van der Waals surface area contributed by atoms with Crippen LogP contribution in [0.15, 0.2) is 18.2 Å². The van der Waals surface area contributed by atoms with E-state index in [1.807, 2.05) is 25.1 Å². The molecular weight excluding hydrogens is 214 g/mol. The minimum absolute atomic E-state index is 0.383. The van der Waals surface area contributed by atoms with Gasteiger partial charge in [0.05, 0.1) is 13.2 Å². The number of aryl methyl sites for hydroxylation is 1. The molecule has 2 rings (SSSR count). The predicted octanol–water partition coefficient (Wildman–Crippen LogP) is 2.18. The Hall–Kier alpha value is -1.06. The Bertz CT molecular complexity index is 374. The van der Waals surface area contributed by atoms with Crippen molar-refractivity contribution in [2.24, 2.45) is 0 Å². The molecule has 0 radical (unpaired) electrons. The topological polar surface area (TPSA) is 41.5 Å². The maximum absolute atomic E-state index is 10.1. The first-order valence-electron chi connectivity index (χ1n) is 6.26. The number of ether oxygens (including phenoxy) is 1. The zero-order chi connectivity index (χ0) is 12.3. The van der Waals surface area contributed by atoms with E-state index in [1.54, 1.807) is 7.11 Å². The van der Waals surface area contributed by atoms with Gasteiger partial charge in [0.1, 0.15) is 5.75 Å². The molecule has 1 fully saturated rings. The Morgan fingerprint density at radius 1 is 1.47 bits per heavy atom. The van der Waals surface area contributed by atoms with Gasteiger partial charge in [-0.05, 0) is 56.0 Å². The quantitative estimate of drug-likeness (QED) is 0.794. The number of nitrogens with one attached hydrogen (secondary N) is 1. The number of hydrogen-bond donors (Lipinski definition) is 2. The summed E-state index contributed by atoms with van der Waals surface area (Å²) in [6.45, 7) is 2.88. The van der Waals surface area contributed by atoms with E-state index in [2.05, 4.69) is 5.32 Å². The maximum atomic E-state index is 10.1. The van der Waals surface area contributed by atoms with Crippen molar-refractivity contribution in [2.75, 3.05) is 13.7 Å². The van der Waals surface area contributed by atoms with Crippen LogP contribution < -0.4 is 10.1 Å². The Labute approximate surface area is 103 Å². The van der Waals surface area contributed by atoms with Crippen molar-refractivity contribution in [1.82, 2.24) is 5.32 Å². The summed E-state index contributed by atoms with van der Waals surface area (Å²) >= 11 is 0. The fourth-order valence-corrected chi connectivity index (χ4v) is 1.99. The van der Waals surface area contributed by atoms with Gasteiger partial charge >= 0.3 is 0 Å². The first kappa shape index (κ1) is 12.4. The van der Waals surface area contributed by atoms with Gasteiger partial charge in [-0.15, -0.1) is 0 Å². The van der Waals surface area contributed by atoms with Gasteiger partial charge in [-0.2, -0.15) is 0 Å². The Kier molecular flexibility index (Phi) is 4.02. The average Bonchev–Trinajstić information content (AvgIpc) is 3.13. The zero-order valence-electron chi connectivity index (χ0n) is 10.6. The monoisotopic (exact) mass is 235 g/mol. The first-order valence-corrected chi connectivity index (χ1v) is 6.26. The van der Waals surface area contributed by atoms with Crippen LogP contribution in [0.25, 0.3) is 0 Å². The van der Waals surface area contributed by atoms with Crippen molar-refractivity contribution >= 4 is 0 Å². The number of aliphatic hydroxyl groups is 1. The molecule has 1 aliphatic rings. The molecule has 0 amide bonds. The van der Waals surface area contributed by atoms with Gasteiger partial charge in [-0.1, -0.05) is 6.07 Å². The summed E-state index contributed by atoms with van der Waals surface area (Å²) in [5.41, 5.74) is 2.04. The first-order chi connectivity index (χ1) is 8.20. The van der Waals surface area contributed by atoms with E-state index in [0.29, 0.717) is 6.04 Å². The smallest absolute Gasteiger partial charge is 0.121 e. The van der Waals surface area contributed by atoms with Gasteiger partial charge in [0.2, 0.25) is 0 Å². The molecule has 1 saturated carbocycles. The minimum Gasteiger partial charge on any atom is -0.496 e. The van der Waals surface area contributed by atoms with Crippen molar-refractivity contribution in [3.05, 3.63) is 29.3 Å². The molecule has 1 aromatic carbocycles. The second-order valence-electron chi connectivity index (χ2n) is 4.76. The Balaban J connectivity index is 1.88. The fraction of sp³-hybridized carbons (Fsp3) is 0.571. The summed E-state index contributed by atoms with van der Waals surface area (Å²) in [6, 6.07) is 6.57. The van der Waals surface area contributed by atoms with Crippen LogP contribution in [0.5, 0.6) is 5.75 Å². The van der Waals surface area contributed by atoms with E-state index < -0.39 is 0 Å². The van der Waals surface area contributed by atoms with Crippen LogP contribution >= 0.6 is 0 Å². The molecular formula is C14H21NO2. The Morgan fingerprint density at radius 3 is 2.82 bits per heavy atom. The number of benzene rings is 1. The summed E-state index contributed by atoms with van der Waals surface area (Å²) in [5, 5.41) is 13.5. The third-order valence-electron chi connectivity index (χ3n) is 3.23. The van der Waals surface area contributed by atoms with Crippen molar-refractivity contribution in [3.8, 4) is 5.75 Å². The largest absolute Gasteiger partial charge is 0.496 e. The molecule has 0 heterocycles. The third kappa shape index (κ3) is 3.45. The standard InChI is InChI=1S/C14H21NO2/c1-10-9-11(3-6-14(10)17-2)13(16)7-8-15-12-4-5-12/h3,6,9,12-13,15-16H,4-5,7-8H2,1-2H3. The van der Waals surface area contributed by atoms with Crippen LogP contribution in [0.2, 0.25) is 0 Å². The van der Waals surface area contributed by atoms with Gasteiger partial charge in [0, 0.05) is 6.04 Å². The molecule has 0 aromatic heterocycles. The van der Waals surface area contributed by atoms with Crippen molar-refractivity contribution < 1.29 is 9.84 Å². The van der Waals surface area contributed by atoms with Crippen LogP contribution in [0.1, 0.15) is 36.5 Å². The highest BCUT2D eigenvalue weighted by atomic mass is 16.5. The number of methoxy groups -OCH3 is 1. The lowest BCUT2D eigenvalue weighted by molar-refractivity contribution is 0.166. The summed E-state index contributed by atoms with van der Waals surface area (Å²) < 4.78 is 5.21. The molecule has 0 spiro atoms. The predicted molar refractivity (Wildman–Crippen MR) is 68.3 cm³/mol. The molecule has 3 heteroatoms. The number of hydrogen-bond acceptors (Lipinski definition) is 3. The van der Waals surface area contributed by atoms with E-state index in [9.17, 15) is 5.11 Å². The number of aliphatic hydroxyl groups excluding tert-OH is 1. The fourth-order valence-electron chi connectivity index (χ4n) is 1.99. The van der Waals surface area contributed by atoms with Crippen LogP contribution in [0, 0.1) is 6.92 Å². The van der Waals surface area contributed by atoms with E-state index in [-0.39, 0.29) is 6.10 Å². The molecule has 0 bridgehead atoms. The lowest BCUT2D eigenvalue weighted by Gasteiger charge is -2.13. The molecule has 1 aromatic rings. The molecule has 17 heavy (non-hydrogen) atoms. The van der Waals surface area contributed by atoms with Crippen molar-refractivity contribution in [2.45, 2.75) is 38.3 Å². The molecule has 1 unspecified atom stereocenters. The molecule has 0 saturated heterocycles. The molecule has 1 aliphatic carbocycles. The molecule has 0 aliphatic heterocycles. The average molecular weight is 235 g/mol. The summed E-state index contributed by atoms with van der Waals surface area (Å²) in [5.74, 6) is 0.872. The van der Waals surface area contributed by atoms with Gasteiger partial charge in [0.15, 0.2) is 0 Å². The second kappa shape index (κ2) is 5.52. The van der Waals surface area contributed by atoms with Crippen molar-refractivity contribution in [3.63, 3.8) is 0 Å². The van der Waals surface area contributed by atoms with Gasteiger partial charge in [-0.25, -0.2) is 0 Å². The highest BCUT2D eigenvalue weighted by Gasteiger charge is 2.20. The summed E-state index contributed by atoms with van der Waals surface area (Å²) in [6.07, 6.45) is 2.96.